The Kier molecular flexibility index (Phi) is 4.49. The Morgan fingerprint density at radius 3 is 2.90 bits per heavy atom. The van der Waals surface area contributed by atoms with Crippen molar-refractivity contribution in [3.05, 3.63) is 29.6 Å². The third-order valence-electron chi connectivity index (χ3n) is 3.03. The summed E-state index contributed by atoms with van der Waals surface area (Å²) in [7, 11) is 0. The van der Waals surface area contributed by atoms with E-state index >= 15 is 0 Å². The van der Waals surface area contributed by atoms with Crippen LogP contribution in [-0.2, 0) is 4.79 Å². The number of ether oxygens (including phenoxy) is 1. The smallest absolute Gasteiger partial charge is 0.260 e. The van der Waals surface area contributed by atoms with Gasteiger partial charge >= 0.3 is 0 Å². The standard InChI is InChI=1S/C13H15F3N2O2/c1-8-6-18(3-2-17-8)12(19)7-20-11-5-9(14)4-10(15)13(11)16/h4-5,8,17H,2-3,6-7H2,1H3. The minimum Gasteiger partial charge on any atom is -0.480 e. The molecular weight excluding hydrogens is 273 g/mol. The average molecular weight is 288 g/mol. The molecule has 1 amide bonds. The summed E-state index contributed by atoms with van der Waals surface area (Å²) in [6.07, 6.45) is 0. The molecule has 1 unspecified atom stereocenters. The quantitative estimate of drug-likeness (QED) is 0.853. The van der Waals surface area contributed by atoms with Gasteiger partial charge in [-0.15, -0.1) is 0 Å². The first-order valence-corrected chi connectivity index (χ1v) is 6.26. The summed E-state index contributed by atoms with van der Waals surface area (Å²) >= 11 is 0. The van der Waals surface area contributed by atoms with Gasteiger partial charge in [0.25, 0.3) is 5.91 Å². The predicted molar refractivity (Wildman–Crippen MR) is 65.9 cm³/mol. The summed E-state index contributed by atoms with van der Waals surface area (Å²) in [6, 6.07) is 1.30. The van der Waals surface area contributed by atoms with Crippen LogP contribution in [0.1, 0.15) is 6.92 Å². The maximum absolute atomic E-state index is 13.3. The van der Waals surface area contributed by atoms with Crippen molar-refractivity contribution in [3.8, 4) is 5.75 Å². The van der Waals surface area contributed by atoms with Gasteiger partial charge in [0.15, 0.2) is 18.2 Å². The lowest BCUT2D eigenvalue weighted by atomic mass is 10.2. The molecule has 1 aromatic rings. The van der Waals surface area contributed by atoms with Crippen molar-refractivity contribution in [2.45, 2.75) is 13.0 Å². The van der Waals surface area contributed by atoms with Gasteiger partial charge in [0, 0.05) is 37.8 Å². The van der Waals surface area contributed by atoms with Crippen LogP contribution >= 0.6 is 0 Å². The second kappa shape index (κ2) is 6.13. The van der Waals surface area contributed by atoms with Crippen LogP contribution < -0.4 is 10.1 Å². The van der Waals surface area contributed by atoms with Gasteiger partial charge in [-0.2, -0.15) is 4.39 Å². The number of piperazine rings is 1. The van der Waals surface area contributed by atoms with Crippen LogP contribution in [0.5, 0.6) is 5.75 Å². The zero-order valence-corrected chi connectivity index (χ0v) is 11.0. The van der Waals surface area contributed by atoms with Crippen LogP contribution in [0.15, 0.2) is 12.1 Å². The second-order valence-electron chi connectivity index (χ2n) is 4.68. The molecule has 1 aliphatic rings. The van der Waals surface area contributed by atoms with Gasteiger partial charge in [0.05, 0.1) is 0 Å². The monoisotopic (exact) mass is 288 g/mol. The Morgan fingerprint density at radius 1 is 1.45 bits per heavy atom. The van der Waals surface area contributed by atoms with E-state index < -0.39 is 29.8 Å². The molecule has 20 heavy (non-hydrogen) atoms. The molecule has 0 spiro atoms. The van der Waals surface area contributed by atoms with Crippen molar-refractivity contribution in [3.63, 3.8) is 0 Å². The zero-order chi connectivity index (χ0) is 14.7. The molecule has 1 saturated heterocycles. The van der Waals surface area contributed by atoms with E-state index in [1.807, 2.05) is 6.92 Å². The van der Waals surface area contributed by atoms with Gasteiger partial charge < -0.3 is 15.0 Å². The Bertz CT molecular complexity index is 511. The number of nitrogens with zero attached hydrogens (tertiary/aromatic N) is 1. The number of hydrogen-bond acceptors (Lipinski definition) is 3. The number of nitrogens with one attached hydrogen (secondary N) is 1. The molecule has 0 radical (unpaired) electrons. The average Bonchev–Trinajstić information content (AvgIpc) is 2.40. The maximum atomic E-state index is 13.3. The fourth-order valence-electron chi connectivity index (χ4n) is 2.03. The molecule has 0 aromatic heterocycles. The van der Waals surface area contributed by atoms with Crippen LogP contribution in [0.4, 0.5) is 13.2 Å². The van der Waals surface area contributed by atoms with Gasteiger partial charge in [0.2, 0.25) is 5.82 Å². The fraction of sp³-hybridized carbons (Fsp3) is 0.462. The summed E-state index contributed by atoms with van der Waals surface area (Å²) in [5.41, 5.74) is 0. The zero-order valence-electron chi connectivity index (χ0n) is 11.0. The second-order valence-corrected chi connectivity index (χ2v) is 4.68. The Balaban J connectivity index is 1.96. The molecule has 7 heteroatoms. The van der Waals surface area contributed by atoms with Crippen molar-refractivity contribution in [2.24, 2.45) is 0 Å². The molecule has 1 N–H and O–H groups in total. The predicted octanol–water partition coefficient (Wildman–Crippen LogP) is 1.30. The molecule has 0 aliphatic carbocycles. The third kappa shape index (κ3) is 3.41. The maximum Gasteiger partial charge on any atom is 0.260 e. The first-order chi connectivity index (χ1) is 9.47. The van der Waals surface area contributed by atoms with E-state index in [0.29, 0.717) is 31.8 Å². The van der Waals surface area contributed by atoms with Gasteiger partial charge in [-0.3, -0.25) is 4.79 Å². The van der Waals surface area contributed by atoms with Crippen LogP contribution in [0, 0.1) is 17.5 Å². The molecule has 0 saturated carbocycles. The molecule has 0 bridgehead atoms. The molecule has 1 aromatic carbocycles. The number of carbonyl (C=O) groups excluding carboxylic acids is 1. The highest BCUT2D eigenvalue weighted by Gasteiger charge is 2.21. The number of halogens is 3. The van der Waals surface area contributed by atoms with Gasteiger partial charge in [-0.05, 0) is 6.92 Å². The lowest BCUT2D eigenvalue weighted by molar-refractivity contribution is -0.134. The highest BCUT2D eigenvalue weighted by atomic mass is 19.2. The molecule has 1 atom stereocenters. The van der Waals surface area contributed by atoms with E-state index in [1.165, 1.54) is 0 Å². The number of hydrogen-bond donors (Lipinski definition) is 1. The molecule has 1 fully saturated rings. The van der Waals surface area contributed by atoms with Crippen molar-refractivity contribution >= 4 is 5.91 Å². The topological polar surface area (TPSA) is 41.6 Å². The number of amides is 1. The minimum absolute atomic E-state index is 0.163. The van der Waals surface area contributed by atoms with Gasteiger partial charge in [-0.25, -0.2) is 8.78 Å². The van der Waals surface area contributed by atoms with Gasteiger partial charge in [-0.1, -0.05) is 0 Å². The first kappa shape index (κ1) is 14.6. The lowest BCUT2D eigenvalue weighted by Gasteiger charge is -2.31. The number of rotatable bonds is 3. The fourth-order valence-corrected chi connectivity index (χ4v) is 2.03. The van der Waals surface area contributed by atoms with Crippen molar-refractivity contribution < 1.29 is 22.7 Å². The third-order valence-corrected chi connectivity index (χ3v) is 3.03. The van der Waals surface area contributed by atoms with E-state index in [-0.39, 0.29) is 11.9 Å². The van der Waals surface area contributed by atoms with E-state index in [2.05, 4.69) is 5.32 Å². The SMILES string of the molecule is CC1CN(C(=O)COc2cc(F)cc(F)c2F)CCN1. The normalized spacial score (nSPS) is 19.0. The van der Waals surface area contributed by atoms with Crippen LogP contribution in [0.2, 0.25) is 0 Å². The van der Waals surface area contributed by atoms with Crippen LogP contribution in [0.3, 0.4) is 0 Å². The Morgan fingerprint density at radius 2 is 2.20 bits per heavy atom. The largest absolute Gasteiger partial charge is 0.480 e. The molecule has 110 valence electrons. The van der Waals surface area contributed by atoms with Crippen molar-refractivity contribution in [2.75, 3.05) is 26.2 Å². The van der Waals surface area contributed by atoms with E-state index in [1.54, 1.807) is 4.90 Å². The molecule has 1 heterocycles. The highest BCUT2D eigenvalue weighted by molar-refractivity contribution is 5.78. The minimum atomic E-state index is -1.34. The van der Waals surface area contributed by atoms with E-state index in [4.69, 9.17) is 4.74 Å². The van der Waals surface area contributed by atoms with Crippen LogP contribution in [0.25, 0.3) is 0 Å². The van der Waals surface area contributed by atoms with Crippen LogP contribution in [-0.4, -0.2) is 43.1 Å². The summed E-state index contributed by atoms with van der Waals surface area (Å²) in [5.74, 6) is -4.54. The first-order valence-electron chi connectivity index (χ1n) is 6.26. The Hall–Kier alpha value is -1.76. The summed E-state index contributed by atoms with van der Waals surface area (Å²) in [5, 5.41) is 3.17. The Labute approximate surface area is 114 Å². The summed E-state index contributed by atoms with van der Waals surface area (Å²) < 4.78 is 44.1. The highest BCUT2D eigenvalue weighted by Crippen LogP contribution is 2.21. The van der Waals surface area contributed by atoms with Crippen molar-refractivity contribution in [1.82, 2.24) is 10.2 Å². The van der Waals surface area contributed by atoms with Gasteiger partial charge in [0.1, 0.15) is 5.82 Å². The summed E-state index contributed by atoms with van der Waals surface area (Å²) in [4.78, 5) is 13.4. The van der Waals surface area contributed by atoms with Crippen molar-refractivity contribution in [1.29, 1.82) is 0 Å². The molecule has 2 rings (SSSR count). The molecule has 1 aliphatic heterocycles. The number of carbonyl (C=O) groups is 1. The number of benzene rings is 1. The summed E-state index contributed by atoms with van der Waals surface area (Å²) in [6.45, 7) is 3.18. The van der Waals surface area contributed by atoms with E-state index in [0.717, 1.165) is 0 Å². The molecular formula is C13H15F3N2O2. The van der Waals surface area contributed by atoms with E-state index in [9.17, 15) is 18.0 Å². The molecule has 4 nitrogen and oxygen atoms in total. The lowest BCUT2D eigenvalue weighted by Crippen LogP contribution is -2.52.